The summed E-state index contributed by atoms with van der Waals surface area (Å²) < 4.78 is 4.97. The van der Waals surface area contributed by atoms with Crippen LogP contribution in [0.15, 0.2) is 30.3 Å². The Morgan fingerprint density at radius 2 is 1.92 bits per heavy atom. The molecule has 1 atom stereocenters. The van der Waals surface area contributed by atoms with Gasteiger partial charge in [0.15, 0.2) is 0 Å². The van der Waals surface area contributed by atoms with Crippen molar-refractivity contribution >= 4 is 28.2 Å². The van der Waals surface area contributed by atoms with Crippen molar-refractivity contribution in [2.45, 2.75) is 44.9 Å². The average molecular weight is 357 g/mol. The number of thiophene rings is 1. The highest BCUT2D eigenvalue weighted by Crippen LogP contribution is 2.39. The van der Waals surface area contributed by atoms with Crippen molar-refractivity contribution in [3.8, 4) is 0 Å². The van der Waals surface area contributed by atoms with Crippen molar-refractivity contribution in [1.82, 2.24) is 0 Å². The molecule has 25 heavy (non-hydrogen) atoms. The molecular weight excluding hydrogens is 334 g/mol. The van der Waals surface area contributed by atoms with Crippen molar-refractivity contribution in [2.24, 2.45) is 0 Å². The minimum absolute atomic E-state index is 0.0718. The third-order valence-electron chi connectivity index (χ3n) is 4.72. The van der Waals surface area contributed by atoms with E-state index in [-0.39, 0.29) is 17.8 Å². The summed E-state index contributed by atoms with van der Waals surface area (Å²) >= 11 is 1.52. The summed E-state index contributed by atoms with van der Waals surface area (Å²) in [4.78, 5) is 26.4. The lowest BCUT2D eigenvalue weighted by Crippen LogP contribution is -2.21. The summed E-state index contributed by atoms with van der Waals surface area (Å²) in [5.41, 5.74) is 2.60. The predicted molar refractivity (Wildman–Crippen MR) is 100 cm³/mol. The highest BCUT2D eigenvalue weighted by molar-refractivity contribution is 7.17. The SMILES string of the molecule is CC[C@@H](C(=O)Nc1sc2c(c1C(=O)OC)CCCC2)c1ccccc1. The number of amides is 1. The zero-order chi connectivity index (χ0) is 17.8. The predicted octanol–water partition coefficient (Wildman–Crippen LogP) is 4.55. The number of rotatable bonds is 5. The summed E-state index contributed by atoms with van der Waals surface area (Å²) in [7, 11) is 1.39. The lowest BCUT2D eigenvalue weighted by molar-refractivity contribution is -0.117. The number of hydrogen-bond acceptors (Lipinski definition) is 4. The first-order valence-electron chi connectivity index (χ1n) is 8.74. The maximum absolute atomic E-state index is 12.9. The van der Waals surface area contributed by atoms with Crippen LogP contribution >= 0.6 is 11.3 Å². The van der Waals surface area contributed by atoms with Crippen LogP contribution in [-0.2, 0) is 22.4 Å². The minimum Gasteiger partial charge on any atom is -0.465 e. The van der Waals surface area contributed by atoms with E-state index in [2.05, 4.69) is 5.32 Å². The van der Waals surface area contributed by atoms with Crippen LogP contribution in [0.3, 0.4) is 0 Å². The van der Waals surface area contributed by atoms with Gasteiger partial charge in [-0.25, -0.2) is 4.79 Å². The van der Waals surface area contributed by atoms with Crippen LogP contribution in [0, 0.1) is 0 Å². The highest BCUT2D eigenvalue weighted by atomic mass is 32.1. The monoisotopic (exact) mass is 357 g/mol. The van der Waals surface area contributed by atoms with Gasteiger partial charge in [0.05, 0.1) is 18.6 Å². The van der Waals surface area contributed by atoms with E-state index in [0.29, 0.717) is 17.0 Å². The molecule has 0 fully saturated rings. The Bertz CT molecular complexity index is 767. The molecule has 0 unspecified atom stereocenters. The fraction of sp³-hybridized carbons (Fsp3) is 0.400. The number of ether oxygens (including phenoxy) is 1. The molecule has 2 aromatic rings. The third kappa shape index (κ3) is 3.61. The second-order valence-corrected chi connectivity index (χ2v) is 7.37. The summed E-state index contributed by atoms with van der Waals surface area (Å²) in [6.45, 7) is 2.00. The van der Waals surface area contributed by atoms with E-state index in [1.807, 2.05) is 37.3 Å². The summed E-state index contributed by atoms with van der Waals surface area (Å²) in [5, 5.41) is 3.65. The zero-order valence-electron chi connectivity index (χ0n) is 14.6. The van der Waals surface area contributed by atoms with E-state index in [1.165, 1.54) is 23.3 Å². The number of carbonyl (C=O) groups excluding carboxylic acids is 2. The van der Waals surface area contributed by atoms with Crippen LogP contribution < -0.4 is 5.32 Å². The standard InChI is InChI=1S/C20H23NO3S/c1-3-14(13-9-5-4-6-10-13)18(22)21-19-17(20(23)24-2)15-11-7-8-12-16(15)25-19/h4-6,9-10,14H,3,7-8,11-12H2,1-2H3,(H,21,22)/t14-/m1/s1. The summed E-state index contributed by atoms with van der Waals surface area (Å²) in [5.74, 6) is -0.661. The Labute approximate surface area is 152 Å². The van der Waals surface area contributed by atoms with E-state index in [1.54, 1.807) is 0 Å². The van der Waals surface area contributed by atoms with E-state index >= 15 is 0 Å². The van der Waals surface area contributed by atoms with Gasteiger partial charge in [-0.3, -0.25) is 4.79 Å². The molecule has 4 nitrogen and oxygen atoms in total. The Kier molecular flexibility index (Phi) is 5.53. The third-order valence-corrected chi connectivity index (χ3v) is 5.93. The Balaban J connectivity index is 1.90. The van der Waals surface area contributed by atoms with Crippen LogP contribution in [0.1, 0.15) is 58.5 Å². The molecule has 1 aliphatic rings. The second-order valence-electron chi connectivity index (χ2n) is 6.27. The Morgan fingerprint density at radius 3 is 2.60 bits per heavy atom. The number of hydrogen-bond donors (Lipinski definition) is 1. The molecule has 132 valence electrons. The fourth-order valence-corrected chi connectivity index (χ4v) is 4.71. The van der Waals surface area contributed by atoms with Gasteiger partial charge in [0.25, 0.3) is 0 Å². The largest absolute Gasteiger partial charge is 0.465 e. The number of carbonyl (C=O) groups is 2. The number of methoxy groups -OCH3 is 1. The molecule has 1 aliphatic carbocycles. The van der Waals surface area contributed by atoms with Gasteiger partial charge in [-0.1, -0.05) is 37.3 Å². The summed E-state index contributed by atoms with van der Waals surface area (Å²) in [6, 6.07) is 9.75. The average Bonchev–Trinajstić information content (AvgIpc) is 3.00. The van der Waals surface area contributed by atoms with Crippen molar-refractivity contribution < 1.29 is 14.3 Å². The molecule has 1 aromatic heterocycles. The van der Waals surface area contributed by atoms with E-state index in [0.717, 1.165) is 36.8 Å². The molecule has 1 N–H and O–H groups in total. The number of benzene rings is 1. The van der Waals surface area contributed by atoms with Crippen LogP contribution in [0.25, 0.3) is 0 Å². The van der Waals surface area contributed by atoms with Gasteiger partial charge >= 0.3 is 5.97 Å². The maximum Gasteiger partial charge on any atom is 0.341 e. The molecule has 0 radical (unpaired) electrons. The highest BCUT2D eigenvalue weighted by Gasteiger charge is 2.28. The van der Waals surface area contributed by atoms with Crippen LogP contribution in [0.5, 0.6) is 0 Å². The minimum atomic E-state index is -0.359. The van der Waals surface area contributed by atoms with Gasteiger partial charge in [-0.15, -0.1) is 11.3 Å². The van der Waals surface area contributed by atoms with E-state index < -0.39 is 0 Å². The van der Waals surface area contributed by atoms with Gasteiger partial charge < -0.3 is 10.1 Å². The van der Waals surface area contributed by atoms with Gasteiger partial charge in [0.1, 0.15) is 5.00 Å². The lowest BCUT2D eigenvalue weighted by atomic mass is 9.94. The molecule has 0 saturated carbocycles. The smallest absolute Gasteiger partial charge is 0.341 e. The Morgan fingerprint density at radius 1 is 1.20 bits per heavy atom. The van der Waals surface area contributed by atoms with Gasteiger partial charge in [-0.05, 0) is 43.2 Å². The van der Waals surface area contributed by atoms with Crippen LogP contribution in [0.2, 0.25) is 0 Å². The van der Waals surface area contributed by atoms with E-state index in [4.69, 9.17) is 4.74 Å². The molecule has 1 aromatic carbocycles. The fourth-order valence-electron chi connectivity index (χ4n) is 3.43. The first-order valence-corrected chi connectivity index (χ1v) is 9.56. The number of fused-ring (bicyclic) bond motifs is 1. The maximum atomic E-state index is 12.9. The Hall–Kier alpha value is -2.14. The van der Waals surface area contributed by atoms with Crippen LogP contribution in [0.4, 0.5) is 5.00 Å². The number of anilines is 1. The van der Waals surface area contributed by atoms with Gasteiger partial charge in [0.2, 0.25) is 5.91 Å². The number of aryl methyl sites for hydroxylation is 1. The molecule has 0 saturated heterocycles. The molecule has 0 aliphatic heterocycles. The first-order chi connectivity index (χ1) is 12.2. The topological polar surface area (TPSA) is 55.4 Å². The molecule has 1 heterocycles. The quantitative estimate of drug-likeness (QED) is 0.799. The van der Waals surface area contributed by atoms with Crippen molar-refractivity contribution in [3.05, 3.63) is 51.9 Å². The normalized spacial score (nSPS) is 14.5. The molecule has 0 spiro atoms. The molecular formula is C20H23NO3S. The number of esters is 1. The van der Waals surface area contributed by atoms with E-state index in [9.17, 15) is 9.59 Å². The summed E-state index contributed by atoms with van der Waals surface area (Å²) in [6.07, 6.45) is 4.75. The molecule has 5 heteroatoms. The molecule has 0 bridgehead atoms. The van der Waals surface area contributed by atoms with Crippen molar-refractivity contribution in [3.63, 3.8) is 0 Å². The molecule has 3 rings (SSSR count). The lowest BCUT2D eigenvalue weighted by Gasteiger charge is -2.15. The van der Waals surface area contributed by atoms with Crippen molar-refractivity contribution in [1.29, 1.82) is 0 Å². The zero-order valence-corrected chi connectivity index (χ0v) is 15.4. The second kappa shape index (κ2) is 7.83. The van der Waals surface area contributed by atoms with Crippen molar-refractivity contribution in [2.75, 3.05) is 12.4 Å². The van der Waals surface area contributed by atoms with Crippen LogP contribution in [-0.4, -0.2) is 19.0 Å². The van der Waals surface area contributed by atoms with Gasteiger partial charge in [0, 0.05) is 4.88 Å². The number of nitrogens with one attached hydrogen (secondary N) is 1. The first kappa shape index (κ1) is 17.7. The van der Waals surface area contributed by atoms with Gasteiger partial charge in [-0.2, -0.15) is 0 Å². The molecule has 1 amide bonds.